The smallest absolute Gasteiger partial charge is 0.245 e. The Kier molecular flexibility index (Phi) is 4.68. The molecule has 1 N–H and O–H groups in total. The quantitative estimate of drug-likeness (QED) is 0.758. The molecule has 0 aliphatic carbocycles. The number of nitrogens with zero attached hydrogens (tertiary/aromatic N) is 5. The molecule has 1 fully saturated rings. The second kappa shape index (κ2) is 7.43. The third-order valence-electron chi connectivity index (χ3n) is 4.52. The Morgan fingerprint density at radius 3 is 2.69 bits per heavy atom. The van der Waals surface area contributed by atoms with E-state index in [4.69, 9.17) is 4.42 Å². The van der Waals surface area contributed by atoms with E-state index in [1.54, 1.807) is 12.5 Å². The Balaban J connectivity index is 1.37. The average molecular weight is 350 g/mol. The van der Waals surface area contributed by atoms with Crippen molar-refractivity contribution in [3.05, 3.63) is 60.2 Å². The molecule has 134 valence electrons. The molecular weight excluding hydrogens is 328 g/mol. The lowest BCUT2D eigenvalue weighted by atomic mass is 10.2. The van der Waals surface area contributed by atoms with Crippen LogP contribution in [0.4, 0.5) is 17.5 Å². The average Bonchev–Trinajstić information content (AvgIpc) is 3.20. The number of benzene rings is 1. The second-order valence-electron chi connectivity index (χ2n) is 6.38. The first-order valence-electron chi connectivity index (χ1n) is 8.80. The van der Waals surface area contributed by atoms with Crippen molar-refractivity contribution in [2.45, 2.75) is 13.5 Å². The third kappa shape index (κ3) is 3.77. The fourth-order valence-electron chi connectivity index (χ4n) is 3.12. The molecule has 0 saturated carbocycles. The zero-order valence-corrected chi connectivity index (χ0v) is 14.8. The first-order valence-corrected chi connectivity index (χ1v) is 8.80. The van der Waals surface area contributed by atoms with Crippen molar-refractivity contribution < 1.29 is 4.42 Å². The van der Waals surface area contributed by atoms with Gasteiger partial charge in [0.1, 0.15) is 5.76 Å². The maximum Gasteiger partial charge on any atom is 0.245 e. The number of piperazine rings is 1. The molecule has 1 aromatic carbocycles. The van der Waals surface area contributed by atoms with Crippen molar-refractivity contribution in [1.82, 2.24) is 15.2 Å². The van der Waals surface area contributed by atoms with Crippen molar-refractivity contribution >= 4 is 17.5 Å². The van der Waals surface area contributed by atoms with Gasteiger partial charge in [0.25, 0.3) is 0 Å². The van der Waals surface area contributed by atoms with E-state index in [9.17, 15) is 0 Å². The van der Waals surface area contributed by atoms with Gasteiger partial charge in [0.2, 0.25) is 5.95 Å². The molecule has 7 heteroatoms. The van der Waals surface area contributed by atoms with Crippen LogP contribution in [0, 0.1) is 6.92 Å². The molecule has 3 heterocycles. The summed E-state index contributed by atoms with van der Waals surface area (Å²) in [5.41, 5.74) is 2.57. The molecule has 7 nitrogen and oxygen atoms in total. The molecule has 0 bridgehead atoms. The number of hydrogen-bond donors (Lipinski definition) is 1. The summed E-state index contributed by atoms with van der Waals surface area (Å²) in [5, 5.41) is 11.3. The Hall–Kier alpha value is -3.09. The van der Waals surface area contributed by atoms with Crippen LogP contribution in [0.1, 0.15) is 11.3 Å². The maximum atomic E-state index is 5.31. The molecule has 0 amide bonds. The highest BCUT2D eigenvalue weighted by Crippen LogP contribution is 2.20. The summed E-state index contributed by atoms with van der Waals surface area (Å²) in [4.78, 5) is 9.25. The summed E-state index contributed by atoms with van der Waals surface area (Å²) >= 11 is 0. The lowest BCUT2D eigenvalue weighted by Gasteiger charge is -2.36. The van der Waals surface area contributed by atoms with E-state index in [-0.39, 0.29) is 0 Å². The Morgan fingerprint density at radius 2 is 1.92 bits per heavy atom. The molecule has 3 aromatic rings. The number of furan rings is 1. The van der Waals surface area contributed by atoms with Crippen LogP contribution in [0.3, 0.4) is 0 Å². The molecule has 0 atom stereocenters. The van der Waals surface area contributed by atoms with Crippen LogP contribution in [0.5, 0.6) is 0 Å². The topological polar surface area (TPSA) is 70.3 Å². The standard InChI is InChI=1S/C19H22N6O/c1-15-4-2-5-16(12-15)24-7-9-25(10-8-24)18-14-21-23-19(22-18)20-13-17-6-3-11-26-17/h2-6,11-12,14H,7-10,13H2,1H3,(H,20,22,23). The highest BCUT2D eigenvalue weighted by molar-refractivity contribution is 5.51. The molecule has 4 rings (SSSR count). The zero-order chi connectivity index (χ0) is 17.8. The number of rotatable bonds is 5. The predicted octanol–water partition coefficient (Wildman–Crippen LogP) is 2.71. The number of anilines is 3. The van der Waals surface area contributed by atoms with Crippen LogP contribution < -0.4 is 15.1 Å². The summed E-state index contributed by atoms with van der Waals surface area (Å²) in [7, 11) is 0. The monoisotopic (exact) mass is 350 g/mol. The van der Waals surface area contributed by atoms with Gasteiger partial charge in [-0.05, 0) is 36.8 Å². The molecule has 1 aliphatic heterocycles. The zero-order valence-electron chi connectivity index (χ0n) is 14.8. The summed E-state index contributed by atoms with van der Waals surface area (Å²) in [5.74, 6) is 2.21. The summed E-state index contributed by atoms with van der Waals surface area (Å²) < 4.78 is 5.31. The van der Waals surface area contributed by atoms with E-state index in [0.29, 0.717) is 12.5 Å². The van der Waals surface area contributed by atoms with Crippen molar-refractivity contribution in [3.63, 3.8) is 0 Å². The number of aromatic nitrogens is 3. The Bertz CT molecular complexity index is 843. The van der Waals surface area contributed by atoms with Crippen molar-refractivity contribution in [2.75, 3.05) is 41.3 Å². The molecule has 26 heavy (non-hydrogen) atoms. The van der Waals surface area contributed by atoms with Gasteiger partial charge in [-0.2, -0.15) is 10.1 Å². The predicted molar refractivity (Wildman–Crippen MR) is 101 cm³/mol. The van der Waals surface area contributed by atoms with Gasteiger partial charge < -0.3 is 19.5 Å². The van der Waals surface area contributed by atoms with E-state index in [0.717, 1.165) is 37.8 Å². The van der Waals surface area contributed by atoms with Gasteiger partial charge in [-0.25, -0.2) is 0 Å². The molecular formula is C19H22N6O. The van der Waals surface area contributed by atoms with Gasteiger partial charge in [0, 0.05) is 31.9 Å². The largest absolute Gasteiger partial charge is 0.467 e. The minimum Gasteiger partial charge on any atom is -0.467 e. The fraction of sp³-hybridized carbons (Fsp3) is 0.316. The molecule has 0 radical (unpaired) electrons. The van der Waals surface area contributed by atoms with Gasteiger partial charge in [0.15, 0.2) is 5.82 Å². The van der Waals surface area contributed by atoms with E-state index >= 15 is 0 Å². The maximum absolute atomic E-state index is 5.31. The van der Waals surface area contributed by atoms with Gasteiger partial charge >= 0.3 is 0 Å². The van der Waals surface area contributed by atoms with Crippen molar-refractivity contribution in [1.29, 1.82) is 0 Å². The number of aryl methyl sites for hydroxylation is 1. The van der Waals surface area contributed by atoms with E-state index < -0.39 is 0 Å². The Morgan fingerprint density at radius 1 is 1.08 bits per heavy atom. The van der Waals surface area contributed by atoms with Gasteiger partial charge in [-0.3, -0.25) is 0 Å². The van der Waals surface area contributed by atoms with E-state index in [1.807, 2.05) is 12.1 Å². The fourth-order valence-corrected chi connectivity index (χ4v) is 3.12. The lowest BCUT2D eigenvalue weighted by molar-refractivity contribution is 0.517. The number of nitrogens with one attached hydrogen (secondary N) is 1. The molecule has 1 aliphatic rings. The van der Waals surface area contributed by atoms with Gasteiger partial charge in [-0.1, -0.05) is 12.1 Å². The van der Waals surface area contributed by atoms with Crippen molar-refractivity contribution in [2.24, 2.45) is 0 Å². The second-order valence-corrected chi connectivity index (χ2v) is 6.38. The lowest BCUT2D eigenvalue weighted by Crippen LogP contribution is -2.47. The SMILES string of the molecule is Cc1cccc(N2CCN(c3cnnc(NCc4ccco4)n3)CC2)c1. The first-order chi connectivity index (χ1) is 12.8. The highest BCUT2D eigenvalue weighted by atomic mass is 16.3. The summed E-state index contributed by atoms with van der Waals surface area (Å²) in [6.45, 7) is 6.41. The normalized spacial score (nSPS) is 14.5. The molecule has 2 aromatic heterocycles. The van der Waals surface area contributed by atoms with Gasteiger partial charge in [0.05, 0.1) is 19.0 Å². The van der Waals surface area contributed by atoms with Crippen LogP contribution in [0.25, 0.3) is 0 Å². The van der Waals surface area contributed by atoms with Crippen LogP contribution in [0.15, 0.2) is 53.3 Å². The Labute approximate surface area is 152 Å². The van der Waals surface area contributed by atoms with E-state index in [1.165, 1.54) is 11.3 Å². The molecule has 0 unspecified atom stereocenters. The van der Waals surface area contributed by atoms with Gasteiger partial charge in [-0.15, -0.1) is 5.10 Å². The number of hydrogen-bond acceptors (Lipinski definition) is 7. The molecule has 0 spiro atoms. The first kappa shape index (κ1) is 16.4. The summed E-state index contributed by atoms with van der Waals surface area (Å²) in [6.07, 6.45) is 3.38. The minimum absolute atomic E-state index is 0.514. The minimum atomic E-state index is 0.514. The highest BCUT2D eigenvalue weighted by Gasteiger charge is 2.19. The summed E-state index contributed by atoms with van der Waals surface area (Å²) in [6, 6.07) is 12.4. The van der Waals surface area contributed by atoms with Crippen LogP contribution in [-0.4, -0.2) is 41.4 Å². The van der Waals surface area contributed by atoms with Crippen LogP contribution in [-0.2, 0) is 6.54 Å². The van der Waals surface area contributed by atoms with Crippen LogP contribution >= 0.6 is 0 Å². The van der Waals surface area contributed by atoms with Crippen LogP contribution in [0.2, 0.25) is 0 Å². The van der Waals surface area contributed by atoms with Crippen molar-refractivity contribution in [3.8, 4) is 0 Å². The third-order valence-corrected chi connectivity index (χ3v) is 4.52. The molecule has 1 saturated heterocycles. The van der Waals surface area contributed by atoms with E-state index in [2.05, 4.69) is 61.5 Å².